The zero-order valence-electron chi connectivity index (χ0n) is 22.5. The molecule has 1 atom stereocenters. The van der Waals surface area contributed by atoms with E-state index in [2.05, 4.69) is 26.6 Å². The Labute approximate surface area is 247 Å². The Balaban J connectivity index is 0.000000304. The molecule has 0 bridgehead atoms. The topological polar surface area (TPSA) is 161 Å². The number of piperazine rings is 1. The van der Waals surface area contributed by atoms with Crippen LogP contribution < -0.4 is 0 Å². The molecule has 2 saturated heterocycles. The molecule has 0 saturated carbocycles. The molecular weight excluding hydrogens is 577 g/mol. The Morgan fingerprint density at radius 3 is 1.98 bits per heavy atom. The third-order valence-electron chi connectivity index (χ3n) is 6.58. The largest absolute Gasteiger partial charge is 0.478 e. The van der Waals surface area contributed by atoms with Crippen molar-refractivity contribution < 1.29 is 39.6 Å². The van der Waals surface area contributed by atoms with Crippen LogP contribution in [0.2, 0.25) is 10.0 Å². The maximum absolute atomic E-state index is 9.55. The maximum Gasteiger partial charge on any atom is 0.328 e. The summed E-state index contributed by atoms with van der Waals surface area (Å²) in [5, 5.41) is 33.8. The number of fused-ring (bicyclic) bond motifs is 2. The van der Waals surface area contributed by atoms with Crippen molar-refractivity contribution in [3.63, 3.8) is 0 Å². The zero-order valence-corrected chi connectivity index (χ0v) is 24.0. The average Bonchev–Trinajstić information content (AvgIpc) is 3.32. The van der Waals surface area contributed by atoms with Crippen molar-refractivity contribution in [1.29, 1.82) is 0 Å². The molecule has 0 radical (unpaired) electrons. The number of hydrogen-bond donors (Lipinski definition) is 4. The molecule has 4 rings (SSSR count). The molecule has 1 aromatic carbocycles. The number of rotatable bonds is 9. The van der Waals surface area contributed by atoms with Gasteiger partial charge in [-0.05, 0) is 57.0 Å². The van der Waals surface area contributed by atoms with Gasteiger partial charge in [0.1, 0.15) is 0 Å². The Kier molecular flexibility index (Phi) is 14.4. The van der Waals surface area contributed by atoms with E-state index in [0.717, 1.165) is 28.5 Å². The van der Waals surface area contributed by atoms with Crippen molar-refractivity contribution in [1.82, 2.24) is 14.4 Å². The number of carboxylic acids is 4. The molecule has 0 amide bonds. The summed E-state index contributed by atoms with van der Waals surface area (Å²) < 4.78 is 2.28. The molecule has 0 spiro atoms. The highest BCUT2D eigenvalue weighted by Gasteiger charge is 2.28. The lowest BCUT2D eigenvalue weighted by molar-refractivity contribution is -0.134. The number of unbranched alkanes of at least 4 members (excludes halogenated alkanes) is 1. The van der Waals surface area contributed by atoms with Gasteiger partial charge >= 0.3 is 23.9 Å². The minimum absolute atomic E-state index is 0.558. The number of nitrogens with zero attached hydrogens (tertiary/aromatic N) is 3. The monoisotopic (exact) mass is 611 g/mol. The van der Waals surface area contributed by atoms with Gasteiger partial charge in [-0.15, -0.1) is 0 Å². The number of benzene rings is 1. The van der Waals surface area contributed by atoms with E-state index < -0.39 is 23.9 Å². The molecule has 11 nitrogen and oxygen atoms in total. The van der Waals surface area contributed by atoms with Gasteiger partial charge < -0.3 is 29.9 Å². The van der Waals surface area contributed by atoms with E-state index >= 15 is 0 Å². The summed E-state index contributed by atoms with van der Waals surface area (Å²) in [7, 11) is 0. The van der Waals surface area contributed by atoms with Crippen LogP contribution in [0.15, 0.2) is 48.7 Å². The summed E-state index contributed by atoms with van der Waals surface area (Å²) in [6.45, 7) is 7.37. The second-order valence-electron chi connectivity index (χ2n) is 9.54. The van der Waals surface area contributed by atoms with Crippen LogP contribution in [0.1, 0.15) is 32.1 Å². The standard InChI is InChI=1S/C20H27Cl2N3.2C4H4O4/c21-16-13-19(22)18-6-10-25(20(18)14-16)9-4-3-7-23-11-12-24-8-2-1-5-17(24)15-23;2*5-3(6)1-2-4(7)8/h6,10,13-14,17H,1-5,7-9,11-12,15H2;2*1-2H,(H,5,6)(H,7,8). The summed E-state index contributed by atoms with van der Waals surface area (Å²) in [6.07, 6.45) is 11.0. The molecule has 41 heavy (non-hydrogen) atoms. The summed E-state index contributed by atoms with van der Waals surface area (Å²) in [4.78, 5) is 43.6. The number of aryl methyl sites for hydroxylation is 1. The van der Waals surface area contributed by atoms with Crippen LogP contribution in [0.5, 0.6) is 0 Å². The molecule has 2 aliphatic heterocycles. The number of aromatic nitrogens is 1. The number of halogens is 2. The molecule has 4 N–H and O–H groups in total. The van der Waals surface area contributed by atoms with Crippen molar-refractivity contribution >= 4 is 58.0 Å². The minimum Gasteiger partial charge on any atom is -0.478 e. The van der Waals surface area contributed by atoms with Crippen molar-refractivity contribution in [2.45, 2.75) is 44.7 Å². The first-order chi connectivity index (χ1) is 19.5. The van der Waals surface area contributed by atoms with Crippen LogP contribution in [-0.4, -0.2) is 97.4 Å². The molecule has 224 valence electrons. The third kappa shape index (κ3) is 12.8. The van der Waals surface area contributed by atoms with Gasteiger partial charge in [0.05, 0.1) is 10.5 Å². The van der Waals surface area contributed by atoms with E-state index in [-0.39, 0.29) is 0 Å². The second kappa shape index (κ2) is 17.4. The van der Waals surface area contributed by atoms with Crippen LogP contribution in [0.4, 0.5) is 0 Å². The second-order valence-corrected chi connectivity index (χ2v) is 10.4. The highest BCUT2D eigenvalue weighted by molar-refractivity contribution is 6.38. The fourth-order valence-corrected chi connectivity index (χ4v) is 5.29. The van der Waals surface area contributed by atoms with Gasteiger partial charge in [-0.2, -0.15) is 0 Å². The van der Waals surface area contributed by atoms with Crippen LogP contribution >= 0.6 is 23.2 Å². The van der Waals surface area contributed by atoms with Gasteiger partial charge in [0, 0.05) is 73.1 Å². The molecule has 2 fully saturated rings. The van der Waals surface area contributed by atoms with Crippen LogP contribution in [0.3, 0.4) is 0 Å². The molecule has 3 heterocycles. The third-order valence-corrected chi connectivity index (χ3v) is 7.12. The fraction of sp³-hybridized carbons (Fsp3) is 0.429. The average molecular weight is 613 g/mol. The van der Waals surface area contributed by atoms with E-state index in [1.165, 1.54) is 64.8 Å². The van der Waals surface area contributed by atoms with E-state index in [0.29, 0.717) is 29.3 Å². The highest BCUT2D eigenvalue weighted by atomic mass is 35.5. The van der Waals surface area contributed by atoms with Crippen LogP contribution in [0.25, 0.3) is 10.9 Å². The van der Waals surface area contributed by atoms with E-state index in [9.17, 15) is 19.2 Å². The number of aliphatic carboxylic acids is 4. The first kappa shape index (κ1) is 33.8. The SMILES string of the molecule is Clc1cc(Cl)c2ccn(CCCCN3CCN4CCCCC4C3)c2c1.O=C(O)C=CC(=O)O.O=C(O)C=CC(=O)O. The van der Waals surface area contributed by atoms with Gasteiger partial charge in [-0.25, -0.2) is 19.2 Å². The summed E-state index contributed by atoms with van der Waals surface area (Å²) in [5.41, 5.74) is 1.15. The summed E-state index contributed by atoms with van der Waals surface area (Å²) in [6, 6.07) is 6.75. The Bertz CT molecular complexity index is 1190. The van der Waals surface area contributed by atoms with Crippen molar-refractivity contribution in [3.05, 3.63) is 58.7 Å². The quantitative estimate of drug-likeness (QED) is 0.237. The van der Waals surface area contributed by atoms with E-state index in [4.69, 9.17) is 43.6 Å². The lowest BCUT2D eigenvalue weighted by atomic mass is 9.99. The van der Waals surface area contributed by atoms with Crippen LogP contribution in [-0.2, 0) is 25.7 Å². The van der Waals surface area contributed by atoms with Crippen molar-refractivity contribution in [2.24, 2.45) is 0 Å². The maximum atomic E-state index is 9.55. The van der Waals surface area contributed by atoms with Gasteiger partial charge in [-0.3, -0.25) is 4.90 Å². The minimum atomic E-state index is -1.26. The zero-order chi connectivity index (χ0) is 30.4. The van der Waals surface area contributed by atoms with Crippen molar-refractivity contribution in [3.8, 4) is 0 Å². The summed E-state index contributed by atoms with van der Waals surface area (Å²) >= 11 is 12.4. The molecule has 1 unspecified atom stereocenters. The molecule has 2 aromatic rings. The first-order valence-electron chi connectivity index (χ1n) is 13.1. The molecular formula is C28H35Cl2N3O8. The lowest BCUT2D eigenvalue weighted by Crippen LogP contribution is -2.54. The lowest BCUT2D eigenvalue weighted by Gasteiger charge is -2.44. The Hall–Kier alpha value is -3.38. The van der Waals surface area contributed by atoms with E-state index in [1.807, 2.05) is 12.1 Å². The smallest absolute Gasteiger partial charge is 0.328 e. The molecule has 1 aromatic heterocycles. The summed E-state index contributed by atoms with van der Waals surface area (Å²) in [5.74, 6) is -5.03. The van der Waals surface area contributed by atoms with Gasteiger partial charge in [0.2, 0.25) is 0 Å². The molecule has 2 aliphatic rings. The van der Waals surface area contributed by atoms with E-state index in [1.54, 1.807) is 0 Å². The fourth-order valence-electron chi connectivity index (χ4n) is 4.74. The predicted molar refractivity (Wildman–Crippen MR) is 156 cm³/mol. The number of carbonyl (C=O) groups is 4. The Morgan fingerprint density at radius 2 is 1.39 bits per heavy atom. The normalized spacial score (nSPS) is 17.4. The number of carboxylic acid groups (broad SMARTS) is 4. The number of hydrogen-bond acceptors (Lipinski definition) is 6. The first-order valence-corrected chi connectivity index (χ1v) is 13.9. The van der Waals surface area contributed by atoms with Crippen molar-refractivity contribution in [2.75, 3.05) is 32.7 Å². The highest BCUT2D eigenvalue weighted by Crippen LogP contribution is 2.29. The van der Waals surface area contributed by atoms with Crippen LogP contribution in [0, 0.1) is 0 Å². The number of piperidine rings is 1. The van der Waals surface area contributed by atoms with Gasteiger partial charge in [-0.1, -0.05) is 29.6 Å². The molecule has 0 aliphatic carbocycles. The van der Waals surface area contributed by atoms with Gasteiger partial charge in [0.15, 0.2) is 0 Å². The molecule has 13 heteroatoms. The van der Waals surface area contributed by atoms with Gasteiger partial charge in [0.25, 0.3) is 0 Å². The Morgan fingerprint density at radius 1 is 0.805 bits per heavy atom. The predicted octanol–water partition coefficient (Wildman–Crippen LogP) is 4.32.